The Labute approximate surface area is 90.9 Å². The van der Waals surface area contributed by atoms with Gasteiger partial charge in [-0.3, -0.25) is 0 Å². The van der Waals surface area contributed by atoms with Crippen LogP contribution in [0.15, 0.2) is 12.4 Å². The summed E-state index contributed by atoms with van der Waals surface area (Å²) in [4.78, 5) is 4.21. The molecule has 4 heteroatoms. The molecule has 0 radical (unpaired) electrons. The summed E-state index contributed by atoms with van der Waals surface area (Å²) in [6.07, 6.45) is 5.72. The molecule has 0 aliphatic heterocycles. The molecule has 0 aliphatic carbocycles. The summed E-state index contributed by atoms with van der Waals surface area (Å²) in [5, 5.41) is 9.72. The number of nitrogens with zero attached hydrogens (tertiary/aromatic N) is 2. The summed E-state index contributed by atoms with van der Waals surface area (Å²) in [6.45, 7) is 1.96. The van der Waals surface area contributed by atoms with Crippen molar-refractivity contribution in [2.45, 2.75) is 38.4 Å². The van der Waals surface area contributed by atoms with Crippen molar-refractivity contribution in [3.63, 3.8) is 0 Å². The summed E-state index contributed by atoms with van der Waals surface area (Å²) in [6, 6.07) is 0. The Morgan fingerprint density at radius 2 is 2.33 bits per heavy atom. The minimum Gasteiger partial charge on any atom is -0.393 e. The van der Waals surface area contributed by atoms with E-state index in [-0.39, 0.29) is 12.2 Å². The molecule has 0 aliphatic rings. The predicted octanol–water partition coefficient (Wildman–Crippen LogP) is 1.14. The molecule has 15 heavy (non-hydrogen) atoms. The van der Waals surface area contributed by atoms with E-state index in [4.69, 9.17) is 4.74 Å². The van der Waals surface area contributed by atoms with E-state index in [9.17, 15) is 5.11 Å². The van der Waals surface area contributed by atoms with Crippen LogP contribution in [0.2, 0.25) is 0 Å². The van der Waals surface area contributed by atoms with Crippen LogP contribution in [-0.2, 0) is 18.2 Å². The first-order valence-electron chi connectivity index (χ1n) is 5.30. The number of rotatable bonds is 6. The topological polar surface area (TPSA) is 47.3 Å². The first kappa shape index (κ1) is 12.2. The molecule has 0 amide bonds. The van der Waals surface area contributed by atoms with E-state index in [1.807, 2.05) is 24.7 Å². The SMILES string of the molecule is COC(C)CC(O)CCc1nccn1C. The second-order valence-electron chi connectivity index (χ2n) is 3.93. The zero-order valence-corrected chi connectivity index (χ0v) is 9.68. The maximum atomic E-state index is 9.72. The zero-order valence-electron chi connectivity index (χ0n) is 9.68. The van der Waals surface area contributed by atoms with Crippen LogP contribution in [0.4, 0.5) is 0 Å². The van der Waals surface area contributed by atoms with Crippen LogP contribution >= 0.6 is 0 Å². The molecule has 0 fully saturated rings. The van der Waals surface area contributed by atoms with Crippen molar-refractivity contribution in [3.05, 3.63) is 18.2 Å². The molecule has 1 rings (SSSR count). The van der Waals surface area contributed by atoms with E-state index in [1.165, 1.54) is 0 Å². The van der Waals surface area contributed by atoms with Crippen molar-refractivity contribution in [3.8, 4) is 0 Å². The molecule has 0 bridgehead atoms. The molecule has 2 unspecified atom stereocenters. The lowest BCUT2D eigenvalue weighted by Gasteiger charge is -2.14. The Morgan fingerprint density at radius 3 is 2.87 bits per heavy atom. The number of hydrogen-bond acceptors (Lipinski definition) is 3. The van der Waals surface area contributed by atoms with E-state index >= 15 is 0 Å². The minimum absolute atomic E-state index is 0.112. The lowest BCUT2D eigenvalue weighted by Crippen LogP contribution is -2.18. The lowest BCUT2D eigenvalue weighted by atomic mass is 10.1. The molecule has 2 atom stereocenters. The number of aryl methyl sites for hydroxylation is 2. The summed E-state index contributed by atoms with van der Waals surface area (Å²) in [5.41, 5.74) is 0. The highest BCUT2D eigenvalue weighted by Gasteiger charge is 2.10. The number of ether oxygens (including phenoxy) is 1. The third-order valence-corrected chi connectivity index (χ3v) is 2.63. The summed E-state index contributed by atoms with van der Waals surface area (Å²) in [5.74, 6) is 1.01. The highest BCUT2D eigenvalue weighted by molar-refractivity contribution is 4.91. The Morgan fingerprint density at radius 1 is 1.60 bits per heavy atom. The van der Waals surface area contributed by atoms with Gasteiger partial charge in [-0.1, -0.05) is 0 Å². The zero-order chi connectivity index (χ0) is 11.3. The van der Waals surface area contributed by atoms with E-state index in [2.05, 4.69) is 4.98 Å². The normalized spacial score (nSPS) is 15.2. The smallest absolute Gasteiger partial charge is 0.108 e. The highest BCUT2D eigenvalue weighted by Crippen LogP contribution is 2.08. The first-order valence-corrected chi connectivity index (χ1v) is 5.30. The highest BCUT2D eigenvalue weighted by atomic mass is 16.5. The van der Waals surface area contributed by atoms with Crippen LogP contribution in [0.1, 0.15) is 25.6 Å². The largest absolute Gasteiger partial charge is 0.393 e. The van der Waals surface area contributed by atoms with Gasteiger partial charge in [-0.25, -0.2) is 4.98 Å². The molecular weight excluding hydrogens is 192 g/mol. The number of aliphatic hydroxyl groups is 1. The third kappa shape index (κ3) is 4.01. The third-order valence-electron chi connectivity index (χ3n) is 2.63. The second-order valence-corrected chi connectivity index (χ2v) is 3.93. The van der Waals surface area contributed by atoms with Crippen LogP contribution in [0.3, 0.4) is 0 Å². The summed E-state index contributed by atoms with van der Waals surface area (Å²) >= 11 is 0. The molecule has 1 aromatic rings. The second kappa shape index (κ2) is 5.88. The Balaban J connectivity index is 2.28. The molecule has 0 saturated heterocycles. The van der Waals surface area contributed by atoms with Crippen molar-refractivity contribution in [1.82, 2.24) is 9.55 Å². The van der Waals surface area contributed by atoms with Gasteiger partial charge >= 0.3 is 0 Å². The Hall–Kier alpha value is -0.870. The maximum Gasteiger partial charge on any atom is 0.108 e. The van der Waals surface area contributed by atoms with Crippen LogP contribution in [0, 0.1) is 0 Å². The fourth-order valence-corrected chi connectivity index (χ4v) is 1.53. The molecule has 1 aromatic heterocycles. The van der Waals surface area contributed by atoms with Crippen molar-refractivity contribution in [2.24, 2.45) is 7.05 Å². The standard InChI is InChI=1S/C11H20N2O2/c1-9(15-3)8-10(14)4-5-11-12-6-7-13(11)2/h6-7,9-10,14H,4-5,8H2,1-3H3. The average Bonchev–Trinajstić information content (AvgIpc) is 2.61. The Bertz CT molecular complexity index is 286. The molecule has 4 nitrogen and oxygen atoms in total. The fourth-order valence-electron chi connectivity index (χ4n) is 1.53. The minimum atomic E-state index is -0.309. The molecule has 1 N–H and O–H groups in total. The summed E-state index contributed by atoms with van der Waals surface area (Å²) in [7, 11) is 3.63. The van der Waals surface area contributed by atoms with Gasteiger partial charge in [-0.15, -0.1) is 0 Å². The van der Waals surface area contributed by atoms with Gasteiger partial charge in [0, 0.05) is 33.0 Å². The molecule has 1 heterocycles. The van der Waals surface area contributed by atoms with Gasteiger partial charge in [0.15, 0.2) is 0 Å². The van der Waals surface area contributed by atoms with Gasteiger partial charge in [0.2, 0.25) is 0 Å². The van der Waals surface area contributed by atoms with Crippen LogP contribution < -0.4 is 0 Å². The number of hydrogen-bond donors (Lipinski definition) is 1. The average molecular weight is 212 g/mol. The van der Waals surface area contributed by atoms with E-state index in [0.717, 1.165) is 18.7 Å². The number of aromatic nitrogens is 2. The van der Waals surface area contributed by atoms with Crippen LogP contribution in [0.5, 0.6) is 0 Å². The van der Waals surface area contributed by atoms with Crippen molar-refractivity contribution in [2.75, 3.05) is 7.11 Å². The molecule has 86 valence electrons. The fraction of sp³-hybridized carbons (Fsp3) is 0.727. The molecule has 0 aromatic carbocycles. The van der Waals surface area contributed by atoms with Gasteiger partial charge in [0.1, 0.15) is 5.82 Å². The number of imidazole rings is 1. The number of aliphatic hydroxyl groups excluding tert-OH is 1. The van der Waals surface area contributed by atoms with E-state index in [1.54, 1.807) is 13.3 Å². The van der Waals surface area contributed by atoms with Gasteiger partial charge < -0.3 is 14.4 Å². The Kier molecular flexibility index (Phi) is 4.78. The van der Waals surface area contributed by atoms with Crippen molar-refractivity contribution in [1.29, 1.82) is 0 Å². The van der Waals surface area contributed by atoms with E-state index < -0.39 is 0 Å². The van der Waals surface area contributed by atoms with Crippen LogP contribution in [-0.4, -0.2) is 34.0 Å². The quantitative estimate of drug-likeness (QED) is 0.769. The molecule has 0 saturated carbocycles. The molecule has 0 spiro atoms. The first-order chi connectivity index (χ1) is 7.13. The number of methoxy groups -OCH3 is 1. The maximum absolute atomic E-state index is 9.72. The van der Waals surface area contributed by atoms with Gasteiger partial charge in [0.05, 0.1) is 12.2 Å². The van der Waals surface area contributed by atoms with Gasteiger partial charge in [0.25, 0.3) is 0 Å². The van der Waals surface area contributed by atoms with Crippen LogP contribution in [0.25, 0.3) is 0 Å². The van der Waals surface area contributed by atoms with Gasteiger partial charge in [-0.05, 0) is 19.8 Å². The lowest BCUT2D eigenvalue weighted by molar-refractivity contribution is 0.0528. The monoisotopic (exact) mass is 212 g/mol. The van der Waals surface area contributed by atoms with Crippen molar-refractivity contribution >= 4 is 0 Å². The van der Waals surface area contributed by atoms with Gasteiger partial charge in [-0.2, -0.15) is 0 Å². The van der Waals surface area contributed by atoms with E-state index in [0.29, 0.717) is 6.42 Å². The van der Waals surface area contributed by atoms with Crippen molar-refractivity contribution < 1.29 is 9.84 Å². The molecular formula is C11H20N2O2. The predicted molar refractivity (Wildman–Crippen MR) is 58.6 cm³/mol. The summed E-state index contributed by atoms with van der Waals surface area (Å²) < 4.78 is 7.08.